The molecule has 1 N–H and O–H groups in total. The molecule has 3 aromatic carbocycles. The van der Waals surface area contributed by atoms with Gasteiger partial charge in [-0.25, -0.2) is 14.7 Å². The summed E-state index contributed by atoms with van der Waals surface area (Å²) in [6.45, 7) is 6.97. The van der Waals surface area contributed by atoms with Gasteiger partial charge in [0.05, 0.1) is 17.2 Å². The van der Waals surface area contributed by atoms with Gasteiger partial charge in [-0.3, -0.25) is 19.1 Å². The molecule has 0 radical (unpaired) electrons. The van der Waals surface area contributed by atoms with Crippen LogP contribution < -0.4 is 10.6 Å². The molecule has 200 valence electrons. The van der Waals surface area contributed by atoms with Crippen molar-refractivity contribution in [3.8, 4) is 0 Å². The number of carbonyl (C=O) groups is 2. The van der Waals surface area contributed by atoms with Crippen molar-refractivity contribution < 1.29 is 9.59 Å². The highest BCUT2D eigenvalue weighted by molar-refractivity contribution is 6.26. The molecule has 1 aliphatic heterocycles. The van der Waals surface area contributed by atoms with Crippen LogP contribution in [0.15, 0.2) is 102 Å². The zero-order chi connectivity index (χ0) is 28.3. The summed E-state index contributed by atoms with van der Waals surface area (Å²) in [5.74, 6) is -0.772. The van der Waals surface area contributed by atoms with E-state index in [1.54, 1.807) is 34.0 Å². The molecule has 1 saturated heterocycles. The van der Waals surface area contributed by atoms with Gasteiger partial charge in [0.1, 0.15) is 11.1 Å². The molecule has 0 saturated carbocycles. The number of hydrogen-bond donors (Lipinski definition) is 1. The van der Waals surface area contributed by atoms with Crippen molar-refractivity contribution in [3.63, 3.8) is 0 Å². The maximum atomic E-state index is 13.6. The van der Waals surface area contributed by atoms with Crippen molar-refractivity contribution in [2.24, 2.45) is 10.8 Å². The van der Waals surface area contributed by atoms with E-state index in [0.29, 0.717) is 0 Å². The van der Waals surface area contributed by atoms with E-state index in [-0.39, 0.29) is 17.0 Å². The van der Waals surface area contributed by atoms with E-state index in [1.807, 2.05) is 95.6 Å². The second-order valence-electron chi connectivity index (χ2n) is 11.2. The molecule has 5 aromatic rings. The minimum absolute atomic E-state index is 0.0329. The van der Waals surface area contributed by atoms with Crippen molar-refractivity contribution in [1.29, 1.82) is 0 Å². The number of nitrogens with zero attached hydrogens (tertiary/aromatic N) is 4. The summed E-state index contributed by atoms with van der Waals surface area (Å²) >= 11 is 0. The van der Waals surface area contributed by atoms with Gasteiger partial charge in [-0.05, 0) is 44.4 Å². The summed E-state index contributed by atoms with van der Waals surface area (Å²) in [6.07, 6.45) is 1.63. The highest BCUT2D eigenvalue weighted by Crippen LogP contribution is 2.49. The topological polar surface area (TPSA) is 101 Å². The second kappa shape index (κ2) is 8.84. The number of amides is 2. The standard InChI is InChI=1S/C32H29N5O3/c1-30(2)27(38)37(28(39)31(30,3)4)26-24-25(34-29(40)35-26)36(20-33-24)32(21-14-8-5-9-15-21,22-16-10-6-11-17-22)23-18-12-7-13-19-23/h5-20H,1-4H3,(H,34,35,40). The lowest BCUT2D eigenvalue weighted by Gasteiger charge is -2.37. The Hall–Kier alpha value is -4.85. The number of aromatic amines is 1. The van der Waals surface area contributed by atoms with E-state index in [4.69, 9.17) is 4.98 Å². The number of carbonyl (C=O) groups excluding carboxylic acids is 2. The van der Waals surface area contributed by atoms with Crippen LogP contribution in [-0.2, 0) is 15.1 Å². The third-order valence-electron chi connectivity index (χ3n) is 8.60. The summed E-state index contributed by atoms with van der Waals surface area (Å²) in [5, 5.41) is 0. The number of fused-ring (bicyclic) bond motifs is 1. The minimum atomic E-state index is -0.985. The summed E-state index contributed by atoms with van der Waals surface area (Å²) < 4.78 is 1.86. The third-order valence-corrected chi connectivity index (χ3v) is 8.60. The molecule has 0 unspecified atom stereocenters. The van der Waals surface area contributed by atoms with Gasteiger partial charge in [-0.15, -0.1) is 0 Å². The number of rotatable bonds is 5. The van der Waals surface area contributed by atoms with Gasteiger partial charge in [0.2, 0.25) is 11.8 Å². The molecule has 0 bridgehead atoms. The second-order valence-corrected chi connectivity index (χ2v) is 11.2. The van der Waals surface area contributed by atoms with Crippen LogP contribution in [0.5, 0.6) is 0 Å². The molecule has 3 heterocycles. The first kappa shape index (κ1) is 25.4. The van der Waals surface area contributed by atoms with Gasteiger partial charge in [0.15, 0.2) is 11.5 Å². The van der Waals surface area contributed by atoms with Crippen molar-refractivity contribution in [3.05, 3.63) is 124 Å². The molecule has 8 heteroatoms. The molecular formula is C32H29N5O3. The van der Waals surface area contributed by atoms with Crippen LogP contribution in [-0.4, -0.2) is 31.3 Å². The van der Waals surface area contributed by atoms with Crippen LogP contribution in [0.2, 0.25) is 0 Å². The highest BCUT2D eigenvalue weighted by Gasteiger charge is 2.60. The SMILES string of the molecule is CC1(C)C(=O)N(c2[nH]c(=O)nc3c2ncn3C(c2ccccc2)(c2ccccc2)c2ccccc2)C(=O)C1(C)C. The lowest BCUT2D eigenvalue weighted by atomic mass is 9.70. The zero-order valence-corrected chi connectivity index (χ0v) is 22.8. The van der Waals surface area contributed by atoms with E-state index < -0.39 is 33.9 Å². The van der Waals surface area contributed by atoms with Gasteiger partial charge >= 0.3 is 5.69 Å². The predicted molar refractivity (Wildman–Crippen MR) is 153 cm³/mol. The van der Waals surface area contributed by atoms with Crippen LogP contribution in [0.25, 0.3) is 11.2 Å². The van der Waals surface area contributed by atoms with Crippen molar-refractivity contribution in [1.82, 2.24) is 19.5 Å². The Morgan fingerprint density at radius 3 is 1.52 bits per heavy atom. The lowest BCUT2D eigenvalue weighted by Crippen LogP contribution is -2.38. The molecule has 2 amide bonds. The first-order chi connectivity index (χ1) is 19.1. The van der Waals surface area contributed by atoms with E-state index in [0.717, 1.165) is 21.6 Å². The number of benzene rings is 3. The molecule has 40 heavy (non-hydrogen) atoms. The Morgan fingerprint density at radius 1 is 0.675 bits per heavy atom. The van der Waals surface area contributed by atoms with Crippen molar-refractivity contribution in [2.45, 2.75) is 33.2 Å². The van der Waals surface area contributed by atoms with E-state index in [1.165, 1.54) is 0 Å². The van der Waals surface area contributed by atoms with Gasteiger partial charge < -0.3 is 0 Å². The number of imidazole rings is 1. The van der Waals surface area contributed by atoms with Crippen LogP contribution in [0.4, 0.5) is 5.82 Å². The number of aromatic nitrogens is 4. The Balaban J connectivity index is 1.72. The fraction of sp³-hybridized carbons (Fsp3) is 0.219. The average molecular weight is 532 g/mol. The van der Waals surface area contributed by atoms with Gasteiger partial charge in [0, 0.05) is 0 Å². The third kappa shape index (κ3) is 3.35. The first-order valence-corrected chi connectivity index (χ1v) is 13.1. The fourth-order valence-electron chi connectivity index (χ4n) is 5.65. The van der Waals surface area contributed by atoms with E-state index >= 15 is 0 Å². The number of anilines is 1. The number of H-pyrrole nitrogens is 1. The van der Waals surface area contributed by atoms with Crippen LogP contribution in [0.1, 0.15) is 44.4 Å². The zero-order valence-electron chi connectivity index (χ0n) is 22.8. The molecule has 1 fully saturated rings. The Morgan fingerprint density at radius 2 is 1.10 bits per heavy atom. The summed E-state index contributed by atoms with van der Waals surface area (Å²) in [6, 6.07) is 29.8. The molecule has 0 atom stereocenters. The molecule has 1 aliphatic rings. The van der Waals surface area contributed by atoms with Crippen molar-refractivity contribution in [2.75, 3.05) is 4.90 Å². The van der Waals surface area contributed by atoms with Crippen molar-refractivity contribution >= 4 is 28.8 Å². The average Bonchev–Trinajstić information content (AvgIpc) is 3.43. The van der Waals surface area contributed by atoms with Crippen LogP contribution in [0, 0.1) is 10.8 Å². The highest BCUT2D eigenvalue weighted by atomic mass is 16.2. The molecular weight excluding hydrogens is 502 g/mol. The van der Waals surface area contributed by atoms with E-state index in [9.17, 15) is 14.4 Å². The van der Waals surface area contributed by atoms with Gasteiger partial charge in [0.25, 0.3) is 0 Å². The summed E-state index contributed by atoms with van der Waals surface area (Å²) in [4.78, 5) is 53.1. The normalized spacial score (nSPS) is 16.6. The molecule has 8 nitrogen and oxygen atoms in total. The Bertz CT molecular complexity index is 1680. The van der Waals surface area contributed by atoms with Crippen LogP contribution >= 0.6 is 0 Å². The van der Waals surface area contributed by atoms with E-state index in [2.05, 4.69) is 9.97 Å². The summed E-state index contributed by atoms with van der Waals surface area (Å²) in [7, 11) is 0. The largest absolute Gasteiger partial charge is 0.348 e. The quantitative estimate of drug-likeness (QED) is 0.257. The fourth-order valence-corrected chi connectivity index (χ4v) is 5.65. The molecule has 0 spiro atoms. The summed E-state index contributed by atoms with van der Waals surface area (Å²) in [5.41, 5.74) is -0.366. The number of nitrogens with one attached hydrogen (secondary N) is 1. The number of imide groups is 1. The smallest absolute Gasteiger partial charge is 0.296 e. The maximum Gasteiger partial charge on any atom is 0.348 e. The van der Waals surface area contributed by atoms with Gasteiger partial charge in [-0.1, -0.05) is 91.0 Å². The molecule has 2 aromatic heterocycles. The Labute approximate surface area is 231 Å². The minimum Gasteiger partial charge on any atom is -0.296 e. The van der Waals surface area contributed by atoms with Crippen LogP contribution in [0.3, 0.4) is 0 Å². The van der Waals surface area contributed by atoms with Gasteiger partial charge in [-0.2, -0.15) is 4.98 Å². The molecule has 0 aliphatic carbocycles. The first-order valence-electron chi connectivity index (χ1n) is 13.1. The lowest BCUT2D eigenvalue weighted by molar-refractivity contribution is -0.129. The monoisotopic (exact) mass is 531 g/mol. The Kier molecular flexibility index (Phi) is 5.62. The number of hydrogen-bond acceptors (Lipinski definition) is 5. The maximum absolute atomic E-state index is 13.6. The predicted octanol–water partition coefficient (Wildman–Crippen LogP) is 4.89. The molecule has 6 rings (SSSR count).